The molecule has 4 atom stereocenters. The van der Waals surface area contributed by atoms with Gasteiger partial charge in [0, 0.05) is 18.1 Å². The Hall–Kier alpha value is -0.590. The Morgan fingerprint density at radius 3 is 2.71 bits per heavy atom. The second-order valence-corrected chi connectivity index (χ2v) is 7.49. The fourth-order valence-corrected chi connectivity index (χ4v) is 4.62. The van der Waals surface area contributed by atoms with E-state index in [1.54, 1.807) is 0 Å². The SMILES string of the molecule is CCC1CCC(C)N1CCC1CCCC1(C#N)NC(C)C. The molecule has 0 bridgehead atoms. The third kappa shape index (κ3) is 3.60. The first-order valence-electron chi connectivity index (χ1n) is 8.97. The molecule has 2 rings (SSSR count). The molecule has 0 aromatic heterocycles. The van der Waals surface area contributed by atoms with Gasteiger partial charge in [-0.2, -0.15) is 5.26 Å². The molecule has 0 amide bonds. The molecule has 0 radical (unpaired) electrons. The Labute approximate surface area is 131 Å². The van der Waals surface area contributed by atoms with Crippen molar-refractivity contribution in [2.45, 2.75) is 96.3 Å². The third-order valence-corrected chi connectivity index (χ3v) is 5.73. The van der Waals surface area contributed by atoms with E-state index in [4.69, 9.17) is 0 Å². The largest absolute Gasteiger partial charge is 0.298 e. The van der Waals surface area contributed by atoms with Crippen LogP contribution < -0.4 is 5.32 Å². The molecule has 3 nitrogen and oxygen atoms in total. The zero-order valence-corrected chi connectivity index (χ0v) is 14.4. The maximum Gasteiger partial charge on any atom is 0.109 e. The number of rotatable bonds is 6. The van der Waals surface area contributed by atoms with Crippen LogP contribution >= 0.6 is 0 Å². The summed E-state index contributed by atoms with van der Waals surface area (Å²) in [6, 6.07) is 4.53. The molecule has 3 heteroatoms. The summed E-state index contributed by atoms with van der Waals surface area (Å²) in [5, 5.41) is 13.3. The molecular weight excluding hydrogens is 258 g/mol. The summed E-state index contributed by atoms with van der Waals surface area (Å²) >= 11 is 0. The fourth-order valence-electron chi connectivity index (χ4n) is 4.62. The van der Waals surface area contributed by atoms with Crippen LogP contribution in [0.5, 0.6) is 0 Å². The average molecular weight is 291 g/mol. The number of nitrogens with one attached hydrogen (secondary N) is 1. The van der Waals surface area contributed by atoms with Crippen LogP contribution in [0, 0.1) is 17.2 Å². The van der Waals surface area contributed by atoms with E-state index in [1.807, 2.05) is 0 Å². The summed E-state index contributed by atoms with van der Waals surface area (Å²) in [5.41, 5.74) is -0.265. The van der Waals surface area contributed by atoms with E-state index in [1.165, 1.54) is 45.1 Å². The van der Waals surface area contributed by atoms with Crippen LogP contribution in [0.1, 0.15) is 72.6 Å². The molecular formula is C18H33N3. The second-order valence-electron chi connectivity index (χ2n) is 7.49. The normalized spacial score (nSPS) is 37.2. The summed E-state index contributed by atoms with van der Waals surface area (Å²) in [6.07, 6.45) is 8.58. The van der Waals surface area contributed by atoms with Crippen molar-refractivity contribution in [3.63, 3.8) is 0 Å². The van der Waals surface area contributed by atoms with Crippen LogP contribution in [0.15, 0.2) is 0 Å². The minimum absolute atomic E-state index is 0.265. The van der Waals surface area contributed by atoms with Crippen molar-refractivity contribution in [1.29, 1.82) is 5.26 Å². The van der Waals surface area contributed by atoms with Gasteiger partial charge < -0.3 is 0 Å². The van der Waals surface area contributed by atoms with Crippen LogP contribution in [0.2, 0.25) is 0 Å². The molecule has 0 aromatic rings. The van der Waals surface area contributed by atoms with E-state index < -0.39 is 0 Å². The van der Waals surface area contributed by atoms with Gasteiger partial charge in [-0.25, -0.2) is 0 Å². The van der Waals surface area contributed by atoms with Crippen molar-refractivity contribution in [3.8, 4) is 6.07 Å². The maximum atomic E-state index is 9.75. The van der Waals surface area contributed by atoms with Gasteiger partial charge in [0.1, 0.15) is 5.54 Å². The van der Waals surface area contributed by atoms with E-state index >= 15 is 0 Å². The van der Waals surface area contributed by atoms with E-state index in [2.05, 4.69) is 44.0 Å². The summed E-state index contributed by atoms with van der Waals surface area (Å²) < 4.78 is 0. The molecule has 1 aliphatic carbocycles. The minimum Gasteiger partial charge on any atom is -0.298 e. The molecule has 1 aliphatic heterocycles. The summed E-state index contributed by atoms with van der Waals surface area (Å²) in [6.45, 7) is 10.2. The fraction of sp³-hybridized carbons (Fsp3) is 0.944. The van der Waals surface area contributed by atoms with E-state index in [0.29, 0.717) is 12.0 Å². The highest BCUT2D eigenvalue weighted by molar-refractivity contribution is 5.14. The zero-order valence-electron chi connectivity index (χ0n) is 14.4. The van der Waals surface area contributed by atoms with Crippen LogP contribution in [-0.2, 0) is 0 Å². The van der Waals surface area contributed by atoms with Gasteiger partial charge in [0.25, 0.3) is 0 Å². The molecule has 2 fully saturated rings. The standard InChI is InChI=1S/C18H33N3/c1-5-17-9-8-15(4)21(17)12-10-16-7-6-11-18(16,13-19)20-14(2)3/h14-17,20H,5-12H2,1-4H3. The molecule has 0 aromatic carbocycles. The number of likely N-dealkylation sites (tertiary alicyclic amines) is 1. The van der Waals surface area contributed by atoms with Gasteiger partial charge in [0.05, 0.1) is 6.07 Å². The first-order valence-corrected chi connectivity index (χ1v) is 8.97. The third-order valence-electron chi connectivity index (χ3n) is 5.73. The molecule has 1 saturated heterocycles. The van der Waals surface area contributed by atoms with Gasteiger partial charge in [-0.3, -0.25) is 10.2 Å². The maximum absolute atomic E-state index is 9.75. The lowest BCUT2D eigenvalue weighted by Gasteiger charge is -2.35. The van der Waals surface area contributed by atoms with Crippen molar-refractivity contribution in [3.05, 3.63) is 0 Å². The lowest BCUT2D eigenvalue weighted by atomic mass is 9.85. The van der Waals surface area contributed by atoms with Crippen LogP contribution in [-0.4, -0.2) is 35.1 Å². The molecule has 1 N–H and O–H groups in total. The lowest BCUT2D eigenvalue weighted by molar-refractivity contribution is 0.169. The van der Waals surface area contributed by atoms with E-state index in [0.717, 1.165) is 18.5 Å². The Morgan fingerprint density at radius 2 is 2.10 bits per heavy atom. The molecule has 1 heterocycles. The van der Waals surface area contributed by atoms with Gasteiger partial charge in [-0.05, 0) is 71.8 Å². The summed E-state index contributed by atoms with van der Waals surface area (Å²) in [7, 11) is 0. The highest BCUT2D eigenvalue weighted by atomic mass is 15.2. The molecule has 1 saturated carbocycles. The highest BCUT2D eigenvalue weighted by Crippen LogP contribution is 2.39. The Bertz CT molecular complexity index is 373. The van der Waals surface area contributed by atoms with Gasteiger partial charge >= 0.3 is 0 Å². The first-order chi connectivity index (χ1) is 10.0. The van der Waals surface area contributed by atoms with Crippen molar-refractivity contribution < 1.29 is 0 Å². The smallest absolute Gasteiger partial charge is 0.109 e. The second kappa shape index (κ2) is 7.11. The Morgan fingerprint density at radius 1 is 1.33 bits per heavy atom. The van der Waals surface area contributed by atoms with Crippen molar-refractivity contribution in [2.24, 2.45) is 5.92 Å². The molecule has 4 unspecified atom stereocenters. The van der Waals surface area contributed by atoms with Gasteiger partial charge in [-0.15, -0.1) is 0 Å². The lowest BCUT2D eigenvalue weighted by Crippen LogP contribution is -2.51. The molecule has 2 aliphatic rings. The van der Waals surface area contributed by atoms with Gasteiger partial charge in [0.15, 0.2) is 0 Å². The number of hydrogen-bond donors (Lipinski definition) is 1. The minimum atomic E-state index is -0.265. The number of nitriles is 1. The zero-order chi connectivity index (χ0) is 15.5. The van der Waals surface area contributed by atoms with Crippen LogP contribution in [0.3, 0.4) is 0 Å². The topological polar surface area (TPSA) is 39.1 Å². The number of hydrogen-bond acceptors (Lipinski definition) is 3. The summed E-state index contributed by atoms with van der Waals surface area (Å²) in [5.74, 6) is 0.523. The van der Waals surface area contributed by atoms with Crippen LogP contribution in [0.4, 0.5) is 0 Å². The molecule has 120 valence electrons. The predicted octanol–water partition coefficient (Wildman–Crippen LogP) is 3.70. The van der Waals surface area contributed by atoms with Gasteiger partial charge in [0.2, 0.25) is 0 Å². The van der Waals surface area contributed by atoms with E-state index in [9.17, 15) is 5.26 Å². The van der Waals surface area contributed by atoms with Crippen LogP contribution in [0.25, 0.3) is 0 Å². The predicted molar refractivity (Wildman–Crippen MR) is 88.1 cm³/mol. The van der Waals surface area contributed by atoms with Gasteiger partial charge in [-0.1, -0.05) is 13.3 Å². The quantitative estimate of drug-likeness (QED) is 0.811. The average Bonchev–Trinajstić information content (AvgIpc) is 3.00. The Kier molecular flexibility index (Phi) is 5.68. The van der Waals surface area contributed by atoms with Crippen molar-refractivity contribution >= 4 is 0 Å². The number of nitrogens with zero attached hydrogens (tertiary/aromatic N) is 2. The Balaban J connectivity index is 1.96. The van der Waals surface area contributed by atoms with Crippen molar-refractivity contribution in [1.82, 2.24) is 10.2 Å². The van der Waals surface area contributed by atoms with E-state index in [-0.39, 0.29) is 5.54 Å². The monoisotopic (exact) mass is 291 g/mol. The first kappa shape index (κ1) is 16.8. The molecule has 0 spiro atoms. The van der Waals surface area contributed by atoms with Crippen molar-refractivity contribution in [2.75, 3.05) is 6.54 Å². The summed E-state index contributed by atoms with van der Waals surface area (Å²) in [4.78, 5) is 2.70. The molecule has 21 heavy (non-hydrogen) atoms. The highest BCUT2D eigenvalue weighted by Gasteiger charge is 2.43.